The first-order valence-corrected chi connectivity index (χ1v) is 10.4. The van der Waals surface area contributed by atoms with Crippen molar-refractivity contribution >= 4 is 32.4 Å². The number of sulfonamides is 1. The summed E-state index contributed by atoms with van der Waals surface area (Å²) in [6, 6.07) is 11.9. The maximum Gasteiger partial charge on any atom is 0.268 e. The molecule has 152 valence electrons. The molecule has 29 heavy (non-hydrogen) atoms. The minimum absolute atomic E-state index is 0.0787. The molecule has 0 atom stereocenters. The second-order valence-corrected chi connectivity index (χ2v) is 8.61. The van der Waals surface area contributed by atoms with E-state index < -0.39 is 28.4 Å². The van der Waals surface area contributed by atoms with E-state index in [-0.39, 0.29) is 10.5 Å². The van der Waals surface area contributed by atoms with E-state index in [1.165, 1.54) is 14.0 Å². The first-order valence-electron chi connectivity index (χ1n) is 8.95. The van der Waals surface area contributed by atoms with Gasteiger partial charge in [-0.15, -0.1) is 0 Å². The monoisotopic (exact) mass is 414 g/mol. The highest BCUT2D eigenvalue weighted by molar-refractivity contribution is 7.99. The lowest BCUT2D eigenvalue weighted by Crippen LogP contribution is -2.38. The van der Waals surface area contributed by atoms with E-state index in [1.807, 2.05) is 32.0 Å². The molecule has 3 rings (SSSR count). The summed E-state index contributed by atoms with van der Waals surface area (Å²) in [7, 11) is -2.64. The van der Waals surface area contributed by atoms with Gasteiger partial charge < -0.3 is 10.1 Å². The molecule has 0 aromatic heterocycles. The molecule has 2 amide bonds. The van der Waals surface area contributed by atoms with Crippen LogP contribution in [0.1, 0.15) is 23.6 Å². The summed E-state index contributed by atoms with van der Waals surface area (Å²) in [4.78, 5) is 25.1. The van der Waals surface area contributed by atoms with Crippen molar-refractivity contribution in [1.82, 2.24) is 4.31 Å². The van der Waals surface area contributed by atoms with Crippen LogP contribution in [0.2, 0.25) is 0 Å². The topological polar surface area (TPSA) is 92.8 Å². The fourth-order valence-electron chi connectivity index (χ4n) is 3.28. The predicted molar refractivity (Wildman–Crippen MR) is 111 cm³/mol. The molecular formula is C21H22N2O5S. The van der Waals surface area contributed by atoms with Crippen LogP contribution in [0, 0.1) is 13.8 Å². The van der Waals surface area contributed by atoms with E-state index in [4.69, 9.17) is 4.74 Å². The number of nitrogens with zero attached hydrogens (tertiary/aromatic N) is 1. The van der Waals surface area contributed by atoms with Crippen molar-refractivity contribution in [2.45, 2.75) is 20.8 Å². The van der Waals surface area contributed by atoms with Gasteiger partial charge in [-0.1, -0.05) is 18.2 Å². The zero-order valence-corrected chi connectivity index (χ0v) is 17.5. The Balaban J connectivity index is 1.86. The number of aryl methyl sites for hydroxylation is 2. The Labute approximate surface area is 170 Å². The van der Waals surface area contributed by atoms with Gasteiger partial charge in [0, 0.05) is 11.3 Å². The molecule has 0 saturated carbocycles. The van der Waals surface area contributed by atoms with Crippen LogP contribution in [-0.4, -0.2) is 38.2 Å². The number of methoxy groups -OCH3 is 1. The second kappa shape index (κ2) is 7.71. The number of para-hydroxylation sites is 1. The summed E-state index contributed by atoms with van der Waals surface area (Å²) in [5.41, 5.74) is 2.76. The third-order valence-corrected chi connectivity index (χ3v) is 6.75. The molecule has 0 aliphatic carbocycles. The molecule has 8 heteroatoms. The van der Waals surface area contributed by atoms with Crippen molar-refractivity contribution in [2.75, 3.05) is 19.0 Å². The molecule has 2 aromatic rings. The van der Waals surface area contributed by atoms with Gasteiger partial charge in [-0.3, -0.25) is 9.59 Å². The van der Waals surface area contributed by atoms with Crippen molar-refractivity contribution in [2.24, 2.45) is 0 Å². The van der Waals surface area contributed by atoms with Crippen LogP contribution in [0.15, 0.2) is 48.0 Å². The Kier molecular flexibility index (Phi) is 5.48. The van der Waals surface area contributed by atoms with Crippen molar-refractivity contribution in [1.29, 1.82) is 0 Å². The van der Waals surface area contributed by atoms with Gasteiger partial charge in [0.25, 0.3) is 15.9 Å². The quantitative estimate of drug-likeness (QED) is 0.812. The predicted octanol–water partition coefficient (Wildman–Crippen LogP) is 2.85. The highest BCUT2D eigenvalue weighted by atomic mass is 32.2. The van der Waals surface area contributed by atoms with Crippen LogP contribution in [0.5, 0.6) is 5.75 Å². The van der Waals surface area contributed by atoms with Crippen LogP contribution >= 0.6 is 0 Å². The van der Waals surface area contributed by atoms with Gasteiger partial charge in [-0.05, 0) is 61.7 Å². The average molecular weight is 414 g/mol. The zero-order valence-electron chi connectivity index (χ0n) is 16.6. The number of nitrogens with one attached hydrogen (secondary N) is 1. The molecule has 1 aliphatic rings. The standard InChI is InChI=1S/C21H22N2O5S/c1-13-6-5-7-14(2)19(13)22-18(24)12-23-21(25)15(3)20(29(23,26)27)16-8-10-17(28-4)11-9-16/h5-11H,12H2,1-4H3,(H,22,24). The van der Waals surface area contributed by atoms with E-state index in [2.05, 4.69) is 5.32 Å². The smallest absolute Gasteiger partial charge is 0.268 e. The van der Waals surface area contributed by atoms with Gasteiger partial charge in [0.1, 0.15) is 17.2 Å². The summed E-state index contributed by atoms with van der Waals surface area (Å²) in [6.07, 6.45) is 0. The highest BCUT2D eigenvalue weighted by Crippen LogP contribution is 2.36. The van der Waals surface area contributed by atoms with Crippen molar-refractivity contribution < 1.29 is 22.7 Å². The van der Waals surface area contributed by atoms with Gasteiger partial charge in [-0.2, -0.15) is 0 Å². The number of anilines is 1. The molecule has 1 N–H and O–H groups in total. The number of ether oxygens (including phenoxy) is 1. The Hall–Kier alpha value is -3.13. The molecule has 0 saturated heterocycles. The van der Waals surface area contributed by atoms with E-state index in [1.54, 1.807) is 24.3 Å². The number of benzene rings is 2. The van der Waals surface area contributed by atoms with Gasteiger partial charge in [0.2, 0.25) is 5.91 Å². The Morgan fingerprint density at radius 3 is 2.17 bits per heavy atom. The number of carbonyl (C=O) groups excluding carboxylic acids is 2. The van der Waals surface area contributed by atoms with Gasteiger partial charge in [0.15, 0.2) is 0 Å². The average Bonchev–Trinajstić information content (AvgIpc) is 2.84. The Bertz CT molecular complexity index is 1100. The number of rotatable bonds is 5. The SMILES string of the molecule is COc1ccc(C2=C(C)C(=O)N(CC(=O)Nc3c(C)cccc3C)S2(=O)=O)cc1. The molecule has 7 nitrogen and oxygen atoms in total. The Morgan fingerprint density at radius 1 is 1.03 bits per heavy atom. The van der Waals surface area contributed by atoms with Gasteiger partial charge in [-0.25, -0.2) is 12.7 Å². The Morgan fingerprint density at radius 2 is 1.62 bits per heavy atom. The number of hydrogen-bond acceptors (Lipinski definition) is 5. The summed E-state index contributed by atoms with van der Waals surface area (Å²) >= 11 is 0. The van der Waals surface area contributed by atoms with E-state index in [0.717, 1.165) is 11.1 Å². The summed E-state index contributed by atoms with van der Waals surface area (Å²) < 4.78 is 31.8. The number of carbonyl (C=O) groups is 2. The molecule has 0 fully saturated rings. The van der Waals surface area contributed by atoms with E-state index >= 15 is 0 Å². The first-order chi connectivity index (χ1) is 13.7. The normalized spacial score (nSPS) is 15.6. The van der Waals surface area contributed by atoms with Crippen LogP contribution in [0.3, 0.4) is 0 Å². The lowest BCUT2D eigenvalue weighted by atomic mass is 10.1. The van der Waals surface area contributed by atoms with E-state index in [9.17, 15) is 18.0 Å². The lowest BCUT2D eigenvalue weighted by molar-refractivity contribution is -0.126. The summed E-state index contributed by atoms with van der Waals surface area (Å²) in [5.74, 6) is -0.714. The van der Waals surface area contributed by atoms with E-state index in [0.29, 0.717) is 21.3 Å². The molecule has 0 spiro atoms. The summed E-state index contributed by atoms with van der Waals surface area (Å²) in [6.45, 7) is 4.54. The maximum absolute atomic E-state index is 13.0. The van der Waals surface area contributed by atoms with Crippen LogP contribution < -0.4 is 10.1 Å². The van der Waals surface area contributed by atoms with Gasteiger partial charge in [0.05, 0.1) is 7.11 Å². The molecular weight excluding hydrogens is 392 g/mol. The van der Waals surface area contributed by atoms with Crippen LogP contribution in [-0.2, 0) is 19.6 Å². The maximum atomic E-state index is 13.0. The molecule has 1 aliphatic heterocycles. The van der Waals surface area contributed by atoms with Gasteiger partial charge >= 0.3 is 0 Å². The lowest BCUT2D eigenvalue weighted by Gasteiger charge is -2.18. The highest BCUT2D eigenvalue weighted by Gasteiger charge is 2.43. The minimum atomic E-state index is -4.14. The third kappa shape index (κ3) is 3.75. The number of hydrogen-bond donors (Lipinski definition) is 1. The molecule has 1 heterocycles. The molecule has 0 unspecified atom stereocenters. The number of amides is 2. The fraction of sp³-hybridized carbons (Fsp3) is 0.238. The minimum Gasteiger partial charge on any atom is -0.497 e. The van der Waals surface area contributed by atoms with Crippen molar-refractivity contribution in [3.8, 4) is 5.75 Å². The van der Waals surface area contributed by atoms with Crippen LogP contribution in [0.4, 0.5) is 5.69 Å². The van der Waals surface area contributed by atoms with Crippen LogP contribution in [0.25, 0.3) is 4.91 Å². The fourth-order valence-corrected chi connectivity index (χ4v) is 5.05. The molecule has 0 radical (unpaired) electrons. The molecule has 0 bridgehead atoms. The largest absolute Gasteiger partial charge is 0.497 e. The zero-order chi connectivity index (χ0) is 21.3. The first kappa shape index (κ1) is 20.6. The third-order valence-electron chi connectivity index (χ3n) is 4.82. The second-order valence-electron chi connectivity index (χ2n) is 6.81. The van der Waals surface area contributed by atoms with Crippen molar-refractivity contribution in [3.05, 3.63) is 64.7 Å². The molecule has 2 aromatic carbocycles. The van der Waals surface area contributed by atoms with Crippen molar-refractivity contribution in [3.63, 3.8) is 0 Å². The summed E-state index contributed by atoms with van der Waals surface area (Å²) in [5, 5.41) is 2.72.